The fourth-order valence-corrected chi connectivity index (χ4v) is 1.22. The van der Waals surface area contributed by atoms with Gasteiger partial charge in [-0.25, -0.2) is 4.79 Å². The third-order valence-corrected chi connectivity index (χ3v) is 2.78. The van der Waals surface area contributed by atoms with Gasteiger partial charge in [-0.2, -0.15) is 0 Å². The molecule has 0 aromatic heterocycles. The van der Waals surface area contributed by atoms with E-state index >= 15 is 0 Å². The Kier molecular flexibility index (Phi) is 8.07. The minimum atomic E-state index is -0.658. The summed E-state index contributed by atoms with van der Waals surface area (Å²) in [6.07, 6.45) is 0.622. The molecule has 0 saturated heterocycles. The van der Waals surface area contributed by atoms with Crippen molar-refractivity contribution < 1.29 is 23.8 Å². The van der Waals surface area contributed by atoms with Crippen LogP contribution in [0, 0.1) is 5.41 Å². The predicted molar refractivity (Wildman–Crippen MR) is 71.6 cm³/mol. The van der Waals surface area contributed by atoms with Crippen LogP contribution in [0.2, 0.25) is 0 Å². The van der Waals surface area contributed by atoms with Crippen LogP contribution in [0.1, 0.15) is 34.1 Å². The smallest absolute Gasteiger partial charge is 0.333 e. The van der Waals surface area contributed by atoms with Gasteiger partial charge < -0.3 is 14.2 Å². The molecule has 0 heterocycles. The van der Waals surface area contributed by atoms with Gasteiger partial charge in [0, 0.05) is 5.57 Å². The van der Waals surface area contributed by atoms with Crippen molar-refractivity contribution in [2.24, 2.45) is 5.41 Å². The Bertz CT molecular complexity index is 324. The maximum absolute atomic E-state index is 11.8. The first kappa shape index (κ1) is 17.6. The Morgan fingerprint density at radius 3 is 2.26 bits per heavy atom. The molecule has 0 spiro atoms. The minimum absolute atomic E-state index is 0.147. The van der Waals surface area contributed by atoms with Gasteiger partial charge in [0.1, 0.15) is 6.61 Å². The summed E-state index contributed by atoms with van der Waals surface area (Å²) < 4.78 is 15.3. The zero-order valence-electron chi connectivity index (χ0n) is 12.3. The van der Waals surface area contributed by atoms with E-state index in [1.807, 2.05) is 6.92 Å². The lowest BCUT2D eigenvalue weighted by Gasteiger charge is -2.25. The fourth-order valence-electron chi connectivity index (χ4n) is 1.22. The van der Waals surface area contributed by atoms with Crippen LogP contribution in [-0.4, -0.2) is 38.4 Å². The van der Waals surface area contributed by atoms with Gasteiger partial charge in [-0.15, -0.1) is 0 Å². The Morgan fingerprint density at radius 2 is 1.79 bits per heavy atom. The van der Waals surface area contributed by atoms with Crippen LogP contribution in [-0.2, 0) is 23.8 Å². The van der Waals surface area contributed by atoms with Crippen LogP contribution in [0.25, 0.3) is 0 Å². The highest BCUT2D eigenvalue weighted by molar-refractivity contribution is 5.86. The molecule has 0 aliphatic heterocycles. The number of carbonyl (C=O) groups excluding carboxylic acids is 2. The zero-order chi connectivity index (χ0) is 14.9. The lowest BCUT2D eigenvalue weighted by molar-refractivity contribution is -0.159. The Labute approximate surface area is 114 Å². The van der Waals surface area contributed by atoms with Crippen molar-refractivity contribution in [3.05, 3.63) is 12.2 Å². The van der Waals surface area contributed by atoms with E-state index in [1.165, 1.54) is 0 Å². The summed E-state index contributed by atoms with van der Waals surface area (Å²) in [4.78, 5) is 22.9. The zero-order valence-corrected chi connectivity index (χ0v) is 12.3. The van der Waals surface area contributed by atoms with Gasteiger partial charge in [-0.05, 0) is 27.2 Å². The van der Waals surface area contributed by atoms with Crippen molar-refractivity contribution in [1.29, 1.82) is 0 Å². The first-order valence-corrected chi connectivity index (χ1v) is 6.45. The molecular weight excluding hydrogens is 248 g/mol. The molecule has 0 radical (unpaired) electrons. The van der Waals surface area contributed by atoms with Crippen molar-refractivity contribution in [2.75, 3.05) is 26.4 Å². The van der Waals surface area contributed by atoms with Gasteiger partial charge in [-0.1, -0.05) is 13.5 Å². The third kappa shape index (κ3) is 6.38. The summed E-state index contributed by atoms with van der Waals surface area (Å²) in [6, 6.07) is 0. The van der Waals surface area contributed by atoms with E-state index in [0.717, 1.165) is 0 Å². The van der Waals surface area contributed by atoms with Crippen LogP contribution in [0.5, 0.6) is 0 Å². The van der Waals surface area contributed by atoms with Gasteiger partial charge >= 0.3 is 11.9 Å². The highest BCUT2D eigenvalue weighted by Crippen LogP contribution is 2.23. The molecule has 5 heteroatoms. The standard InChI is InChI=1S/C14H24O5/c1-6-14(5,13(16)18-7-2)10-17-8-9-19-12(15)11(3)4/h3,6-10H2,1-2,4-5H3. The lowest BCUT2D eigenvalue weighted by atomic mass is 9.89. The Hall–Kier alpha value is -1.36. The van der Waals surface area contributed by atoms with Gasteiger partial charge in [0.15, 0.2) is 0 Å². The van der Waals surface area contributed by atoms with E-state index in [4.69, 9.17) is 14.2 Å². The highest BCUT2D eigenvalue weighted by atomic mass is 16.6. The van der Waals surface area contributed by atoms with Crippen molar-refractivity contribution in [1.82, 2.24) is 0 Å². The van der Waals surface area contributed by atoms with E-state index in [-0.39, 0.29) is 25.8 Å². The van der Waals surface area contributed by atoms with E-state index < -0.39 is 11.4 Å². The van der Waals surface area contributed by atoms with E-state index in [2.05, 4.69) is 6.58 Å². The quantitative estimate of drug-likeness (QED) is 0.365. The van der Waals surface area contributed by atoms with Crippen molar-refractivity contribution in [3.8, 4) is 0 Å². The normalized spacial score (nSPS) is 13.5. The lowest BCUT2D eigenvalue weighted by Crippen LogP contribution is -2.34. The average molecular weight is 272 g/mol. The molecule has 0 N–H and O–H groups in total. The summed E-state index contributed by atoms with van der Waals surface area (Å²) in [5.41, 5.74) is -0.307. The number of ether oxygens (including phenoxy) is 3. The van der Waals surface area contributed by atoms with Gasteiger partial charge in [0.25, 0.3) is 0 Å². The largest absolute Gasteiger partial charge is 0.466 e. The monoisotopic (exact) mass is 272 g/mol. The summed E-state index contributed by atoms with van der Waals surface area (Å²) in [5, 5.41) is 0. The minimum Gasteiger partial charge on any atom is -0.466 e. The van der Waals surface area contributed by atoms with Crippen LogP contribution < -0.4 is 0 Å². The summed E-state index contributed by atoms with van der Waals surface area (Å²) in [5.74, 6) is -0.705. The molecule has 0 aliphatic carbocycles. The van der Waals surface area contributed by atoms with Gasteiger partial charge in [0.05, 0.1) is 25.2 Å². The molecule has 0 aromatic carbocycles. The number of esters is 2. The number of hydrogen-bond acceptors (Lipinski definition) is 5. The van der Waals surface area contributed by atoms with Crippen molar-refractivity contribution in [3.63, 3.8) is 0 Å². The molecule has 0 bridgehead atoms. The molecular formula is C14H24O5. The molecule has 110 valence electrons. The molecule has 0 amide bonds. The molecule has 1 atom stereocenters. The maximum Gasteiger partial charge on any atom is 0.333 e. The van der Waals surface area contributed by atoms with Crippen molar-refractivity contribution in [2.45, 2.75) is 34.1 Å². The van der Waals surface area contributed by atoms with Gasteiger partial charge in [0.2, 0.25) is 0 Å². The molecule has 0 saturated carbocycles. The summed E-state index contributed by atoms with van der Waals surface area (Å²) >= 11 is 0. The van der Waals surface area contributed by atoms with Crippen molar-refractivity contribution >= 4 is 11.9 Å². The SMILES string of the molecule is C=C(C)C(=O)OCCOCC(C)(CC)C(=O)OCC. The van der Waals surface area contributed by atoms with E-state index in [1.54, 1.807) is 20.8 Å². The maximum atomic E-state index is 11.8. The third-order valence-electron chi connectivity index (χ3n) is 2.78. The number of hydrogen-bond donors (Lipinski definition) is 0. The predicted octanol–water partition coefficient (Wildman–Crippen LogP) is 2.10. The second-order valence-electron chi connectivity index (χ2n) is 4.60. The molecule has 5 nitrogen and oxygen atoms in total. The average Bonchev–Trinajstić information content (AvgIpc) is 2.37. The molecule has 19 heavy (non-hydrogen) atoms. The van der Waals surface area contributed by atoms with Crippen LogP contribution in [0.3, 0.4) is 0 Å². The first-order valence-electron chi connectivity index (χ1n) is 6.45. The van der Waals surface area contributed by atoms with Crippen LogP contribution >= 0.6 is 0 Å². The molecule has 0 aromatic rings. The topological polar surface area (TPSA) is 61.8 Å². The molecule has 0 rings (SSSR count). The number of carbonyl (C=O) groups is 2. The highest BCUT2D eigenvalue weighted by Gasteiger charge is 2.33. The van der Waals surface area contributed by atoms with Crippen LogP contribution in [0.4, 0.5) is 0 Å². The van der Waals surface area contributed by atoms with Gasteiger partial charge in [-0.3, -0.25) is 4.79 Å². The number of rotatable bonds is 9. The van der Waals surface area contributed by atoms with E-state index in [0.29, 0.717) is 18.6 Å². The summed E-state index contributed by atoms with van der Waals surface area (Å²) in [7, 11) is 0. The Balaban J connectivity index is 3.99. The fraction of sp³-hybridized carbons (Fsp3) is 0.714. The molecule has 0 fully saturated rings. The second-order valence-corrected chi connectivity index (χ2v) is 4.60. The molecule has 1 unspecified atom stereocenters. The van der Waals surface area contributed by atoms with E-state index in [9.17, 15) is 9.59 Å². The van der Waals surface area contributed by atoms with Crippen LogP contribution in [0.15, 0.2) is 12.2 Å². The first-order chi connectivity index (χ1) is 8.87. The Morgan fingerprint density at radius 1 is 1.16 bits per heavy atom. The summed E-state index contributed by atoms with van der Waals surface area (Å²) in [6.45, 7) is 11.5. The second kappa shape index (κ2) is 8.69. The molecule has 0 aliphatic rings.